The number of thiophene rings is 1. The molecule has 0 radical (unpaired) electrons. The quantitative estimate of drug-likeness (QED) is 0.868. The van der Waals surface area contributed by atoms with Crippen LogP contribution in [0.4, 0.5) is 0 Å². The molecule has 0 spiro atoms. The first-order valence-electron chi connectivity index (χ1n) is 7.04. The normalized spacial score (nSPS) is 19.0. The first-order chi connectivity index (χ1) is 9.83. The predicted octanol–water partition coefficient (Wildman–Crippen LogP) is 3.24. The van der Waals surface area contributed by atoms with Gasteiger partial charge < -0.3 is 4.90 Å². The van der Waals surface area contributed by atoms with Crippen molar-refractivity contribution in [3.63, 3.8) is 0 Å². The van der Waals surface area contributed by atoms with Crippen molar-refractivity contribution in [2.45, 2.75) is 19.3 Å². The van der Waals surface area contributed by atoms with Gasteiger partial charge in [0.25, 0.3) is 5.91 Å². The third kappa shape index (κ3) is 3.07. The summed E-state index contributed by atoms with van der Waals surface area (Å²) < 4.78 is 0. The molecule has 104 valence electrons. The van der Waals surface area contributed by atoms with E-state index >= 15 is 0 Å². The van der Waals surface area contributed by atoms with Gasteiger partial charge in [-0.15, -0.1) is 11.3 Å². The lowest BCUT2D eigenvalue weighted by Crippen LogP contribution is -2.40. The van der Waals surface area contributed by atoms with Crippen molar-refractivity contribution in [3.05, 3.63) is 52.5 Å². The molecule has 1 amide bonds. The molecule has 1 aliphatic heterocycles. The number of pyridine rings is 1. The van der Waals surface area contributed by atoms with E-state index in [1.807, 2.05) is 34.7 Å². The number of hydrogen-bond donors (Lipinski definition) is 0. The molecule has 3 heterocycles. The van der Waals surface area contributed by atoms with E-state index in [-0.39, 0.29) is 5.91 Å². The van der Waals surface area contributed by atoms with Crippen LogP contribution in [0, 0.1) is 5.92 Å². The second kappa shape index (κ2) is 6.18. The van der Waals surface area contributed by atoms with Crippen LogP contribution in [0.2, 0.25) is 0 Å². The van der Waals surface area contributed by atoms with Gasteiger partial charge in [-0.3, -0.25) is 9.78 Å². The Morgan fingerprint density at radius 3 is 3.10 bits per heavy atom. The largest absolute Gasteiger partial charge is 0.338 e. The monoisotopic (exact) mass is 286 g/mol. The fourth-order valence-electron chi connectivity index (χ4n) is 2.82. The van der Waals surface area contributed by atoms with Crippen LogP contribution in [0.1, 0.15) is 28.1 Å². The van der Waals surface area contributed by atoms with Gasteiger partial charge in [0.05, 0.1) is 4.88 Å². The zero-order valence-corrected chi connectivity index (χ0v) is 12.2. The van der Waals surface area contributed by atoms with Gasteiger partial charge in [-0.2, -0.15) is 0 Å². The van der Waals surface area contributed by atoms with Crippen molar-refractivity contribution < 1.29 is 4.79 Å². The SMILES string of the molecule is O=C(c1cccs1)N1CCC[C@H](Cc2cccnc2)C1. The number of hydrogen-bond acceptors (Lipinski definition) is 3. The fourth-order valence-corrected chi connectivity index (χ4v) is 3.52. The Bertz CT molecular complexity index is 553. The molecule has 1 fully saturated rings. The highest BCUT2D eigenvalue weighted by Gasteiger charge is 2.25. The van der Waals surface area contributed by atoms with Crippen LogP contribution in [-0.4, -0.2) is 28.9 Å². The zero-order chi connectivity index (χ0) is 13.8. The Labute approximate surface area is 123 Å². The first-order valence-corrected chi connectivity index (χ1v) is 7.92. The lowest BCUT2D eigenvalue weighted by Gasteiger charge is -2.32. The number of carbonyl (C=O) groups excluding carboxylic acids is 1. The van der Waals surface area contributed by atoms with Crippen LogP contribution in [-0.2, 0) is 6.42 Å². The molecule has 0 aliphatic carbocycles. The third-order valence-electron chi connectivity index (χ3n) is 3.79. The lowest BCUT2D eigenvalue weighted by atomic mass is 9.92. The Hall–Kier alpha value is -1.68. The van der Waals surface area contributed by atoms with E-state index in [0.29, 0.717) is 5.92 Å². The highest BCUT2D eigenvalue weighted by atomic mass is 32.1. The summed E-state index contributed by atoms with van der Waals surface area (Å²) in [5.41, 5.74) is 1.27. The molecule has 4 heteroatoms. The summed E-state index contributed by atoms with van der Waals surface area (Å²) in [6.07, 6.45) is 7.05. The van der Waals surface area contributed by atoms with E-state index in [1.54, 1.807) is 6.20 Å². The van der Waals surface area contributed by atoms with Gasteiger partial charge in [-0.1, -0.05) is 12.1 Å². The molecule has 3 rings (SSSR count). The lowest BCUT2D eigenvalue weighted by molar-refractivity contribution is 0.0678. The second-order valence-corrected chi connectivity index (χ2v) is 6.25. The van der Waals surface area contributed by atoms with Gasteiger partial charge in [0, 0.05) is 25.5 Å². The molecular formula is C16H18N2OS. The molecule has 0 unspecified atom stereocenters. The number of aromatic nitrogens is 1. The van der Waals surface area contributed by atoms with Gasteiger partial charge in [-0.25, -0.2) is 0 Å². The maximum absolute atomic E-state index is 12.4. The van der Waals surface area contributed by atoms with E-state index in [0.717, 1.165) is 30.8 Å². The average molecular weight is 286 g/mol. The van der Waals surface area contributed by atoms with E-state index in [4.69, 9.17) is 0 Å². The fraction of sp³-hybridized carbons (Fsp3) is 0.375. The smallest absolute Gasteiger partial charge is 0.263 e. The van der Waals surface area contributed by atoms with Gasteiger partial charge in [0.1, 0.15) is 0 Å². The molecule has 0 bridgehead atoms. The minimum absolute atomic E-state index is 0.191. The van der Waals surface area contributed by atoms with Crippen LogP contribution in [0.3, 0.4) is 0 Å². The first kappa shape index (κ1) is 13.3. The van der Waals surface area contributed by atoms with Gasteiger partial charge >= 0.3 is 0 Å². The molecule has 1 aliphatic rings. The topological polar surface area (TPSA) is 33.2 Å². The van der Waals surface area contributed by atoms with E-state index in [9.17, 15) is 4.79 Å². The summed E-state index contributed by atoms with van der Waals surface area (Å²) in [7, 11) is 0. The summed E-state index contributed by atoms with van der Waals surface area (Å²) in [5, 5.41) is 1.96. The van der Waals surface area contributed by atoms with Crippen LogP contribution >= 0.6 is 11.3 Å². The Kier molecular flexibility index (Phi) is 4.11. The molecule has 0 N–H and O–H groups in total. The summed E-state index contributed by atoms with van der Waals surface area (Å²) in [5.74, 6) is 0.743. The van der Waals surface area contributed by atoms with Crippen molar-refractivity contribution in [3.8, 4) is 0 Å². The summed E-state index contributed by atoms with van der Waals surface area (Å²) in [6.45, 7) is 1.76. The van der Waals surface area contributed by atoms with E-state index in [1.165, 1.54) is 23.3 Å². The van der Waals surface area contributed by atoms with Crippen LogP contribution in [0.25, 0.3) is 0 Å². The van der Waals surface area contributed by atoms with Crippen molar-refractivity contribution in [1.82, 2.24) is 9.88 Å². The van der Waals surface area contributed by atoms with Crippen molar-refractivity contribution >= 4 is 17.2 Å². The van der Waals surface area contributed by atoms with Crippen molar-refractivity contribution in [2.24, 2.45) is 5.92 Å². The molecular weight excluding hydrogens is 268 g/mol. The zero-order valence-electron chi connectivity index (χ0n) is 11.4. The molecule has 1 saturated heterocycles. The minimum atomic E-state index is 0.191. The summed E-state index contributed by atoms with van der Waals surface area (Å²) >= 11 is 1.53. The van der Waals surface area contributed by atoms with E-state index < -0.39 is 0 Å². The van der Waals surface area contributed by atoms with Gasteiger partial charge in [0.2, 0.25) is 0 Å². The maximum Gasteiger partial charge on any atom is 0.263 e. The number of piperidine rings is 1. The Morgan fingerprint density at radius 1 is 1.40 bits per heavy atom. The standard InChI is InChI=1S/C16H18N2OS/c19-16(15-6-3-9-20-15)18-8-2-5-14(12-18)10-13-4-1-7-17-11-13/h1,3-4,6-7,9,11,14H,2,5,8,10,12H2/t14-/m1/s1. The Morgan fingerprint density at radius 2 is 2.35 bits per heavy atom. The van der Waals surface area contributed by atoms with Crippen LogP contribution < -0.4 is 0 Å². The summed E-state index contributed by atoms with van der Waals surface area (Å²) in [4.78, 5) is 19.4. The van der Waals surface area contributed by atoms with Crippen LogP contribution in [0.5, 0.6) is 0 Å². The Balaban J connectivity index is 1.63. The maximum atomic E-state index is 12.4. The number of carbonyl (C=O) groups is 1. The number of rotatable bonds is 3. The average Bonchev–Trinajstić information content (AvgIpc) is 3.02. The summed E-state index contributed by atoms with van der Waals surface area (Å²) in [6, 6.07) is 7.95. The van der Waals surface area contributed by atoms with Crippen molar-refractivity contribution in [1.29, 1.82) is 0 Å². The molecule has 20 heavy (non-hydrogen) atoms. The number of amides is 1. The van der Waals surface area contributed by atoms with E-state index in [2.05, 4.69) is 11.1 Å². The van der Waals surface area contributed by atoms with Gasteiger partial charge in [0.15, 0.2) is 0 Å². The third-order valence-corrected chi connectivity index (χ3v) is 4.64. The predicted molar refractivity (Wildman–Crippen MR) is 80.9 cm³/mol. The minimum Gasteiger partial charge on any atom is -0.338 e. The van der Waals surface area contributed by atoms with Crippen molar-refractivity contribution in [2.75, 3.05) is 13.1 Å². The highest BCUT2D eigenvalue weighted by molar-refractivity contribution is 7.12. The molecule has 0 saturated carbocycles. The molecule has 2 aromatic heterocycles. The number of nitrogens with zero attached hydrogens (tertiary/aromatic N) is 2. The molecule has 3 nitrogen and oxygen atoms in total. The molecule has 2 aromatic rings. The highest BCUT2D eigenvalue weighted by Crippen LogP contribution is 2.23. The van der Waals surface area contributed by atoms with Gasteiger partial charge in [-0.05, 0) is 48.3 Å². The van der Waals surface area contributed by atoms with Crippen LogP contribution in [0.15, 0.2) is 42.0 Å². The number of likely N-dealkylation sites (tertiary alicyclic amines) is 1. The molecule has 0 aromatic carbocycles. The second-order valence-electron chi connectivity index (χ2n) is 5.30. The molecule has 1 atom stereocenters.